The third-order valence-corrected chi connectivity index (χ3v) is 5.89. The van der Waals surface area contributed by atoms with Crippen molar-refractivity contribution in [1.82, 2.24) is 5.16 Å². The van der Waals surface area contributed by atoms with E-state index in [1.54, 1.807) is 6.07 Å². The average Bonchev–Trinajstić information content (AvgIpc) is 3.23. The molecule has 3 aromatic rings. The Kier molecular flexibility index (Phi) is 7.93. The number of aromatic nitrogens is 1. The second-order valence-electron chi connectivity index (χ2n) is 7.65. The lowest BCUT2D eigenvalue weighted by atomic mass is 9.78. The van der Waals surface area contributed by atoms with E-state index >= 15 is 0 Å². The Morgan fingerprint density at radius 1 is 1.09 bits per heavy atom. The quantitative estimate of drug-likeness (QED) is 0.266. The Morgan fingerprint density at radius 2 is 1.75 bits per heavy atom. The van der Waals surface area contributed by atoms with Gasteiger partial charge in [0.05, 0.1) is 16.7 Å². The van der Waals surface area contributed by atoms with Crippen molar-refractivity contribution >= 4 is 40.9 Å². The third-order valence-electron chi connectivity index (χ3n) is 5.06. The average molecular weight is 498 g/mol. The number of primary amides is 1. The van der Waals surface area contributed by atoms with Crippen LogP contribution in [0.25, 0.3) is 11.3 Å². The molecule has 0 atom stereocenters. The summed E-state index contributed by atoms with van der Waals surface area (Å²) in [5.41, 5.74) is 8.10. The first-order chi connectivity index (χ1) is 15.2. The highest BCUT2D eigenvalue weighted by Crippen LogP contribution is 2.40. The molecule has 2 aromatic carbocycles. The summed E-state index contributed by atoms with van der Waals surface area (Å²) in [6.07, 6.45) is -0.163. The van der Waals surface area contributed by atoms with Gasteiger partial charge in [0, 0.05) is 22.9 Å². The van der Waals surface area contributed by atoms with E-state index in [2.05, 4.69) is 19.0 Å². The summed E-state index contributed by atoms with van der Waals surface area (Å²) in [5, 5.41) is 4.93. The molecule has 0 radical (unpaired) electrons. The minimum absolute atomic E-state index is 0.0689. The standard InChI is InChI=1S/C23H23Cl3N2O4/c1-23(2,16-10-18(25)21(19(26)11-16)30-9-3-8-24)15-6-4-14(5-7-15)20-12-17(32-28-20)13-31-22(27)29/h4-7,10-12H,3,8-9,13H2,1-2H3,(H2,27,29). The fourth-order valence-electron chi connectivity index (χ4n) is 3.17. The van der Waals surface area contributed by atoms with Crippen molar-refractivity contribution in [2.75, 3.05) is 12.5 Å². The Bertz CT molecular complexity index is 1060. The number of carbonyl (C=O) groups excluding carboxylic acids is 1. The zero-order valence-corrected chi connectivity index (χ0v) is 19.9. The molecule has 0 bridgehead atoms. The number of halogens is 3. The molecule has 6 nitrogen and oxygen atoms in total. The van der Waals surface area contributed by atoms with Gasteiger partial charge in [-0.05, 0) is 29.7 Å². The number of nitrogens with two attached hydrogens (primary N) is 1. The molecule has 1 amide bonds. The number of alkyl halides is 1. The van der Waals surface area contributed by atoms with Crippen LogP contribution in [0, 0.1) is 0 Å². The molecule has 9 heteroatoms. The van der Waals surface area contributed by atoms with Crippen molar-refractivity contribution in [1.29, 1.82) is 0 Å². The van der Waals surface area contributed by atoms with Gasteiger partial charge < -0.3 is 19.7 Å². The van der Waals surface area contributed by atoms with Crippen LogP contribution < -0.4 is 10.5 Å². The van der Waals surface area contributed by atoms with E-state index in [-0.39, 0.29) is 12.0 Å². The van der Waals surface area contributed by atoms with Crippen LogP contribution in [0.2, 0.25) is 10.0 Å². The number of amides is 1. The predicted molar refractivity (Wildman–Crippen MR) is 126 cm³/mol. The minimum atomic E-state index is -0.871. The van der Waals surface area contributed by atoms with Gasteiger partial charge in [-0.1, -0.05) is 66.5 Å². The topological polar surface area (TPSA) is 87.6 Å². The van der Waals surface area contributed by atoms with E-state index in [1.165, 1.54) is 0 Å². The molecule has 0 aliphatic rings. The van der Waals surface area contributed by atoms with Gasteiger partial charge in [0.1, 0.15) is 5.69 Å². The lowest BCUT2D eigenvalue weighted by Crippen LogP contribution is -2.19. The molecule has 32 heavy (non-hydrogen) atoms. The molecule has 1 heterocycles. The van der Waals surface area contributed by atoms with Crippen LogP contribution in [-0.2, 0) is 16.8 Å². The van der Waals surface area contributed by atoms with Crippen LogP contribution in [0.4, 0.5) is 4.79 Å². The fraction of sp³-hybridized carbons (Fsp3) is 0.304. The number of hydrogen-bond acceptors (Lipinski definition) is 5. The first kappa shape index (κ1) is 24.2. The second kappa shape index (κ2) is 10.5. The molecule has 3 rings (SSSR count). The SMILES string of the molecule is CC(C)(c1ccc(-c2cc(COC(N)=O)on2)cc1)c1cc(Cl)c(OCCCCl)c(Cl)c1. The summed E-state index contributed by atoms with van der Waals surface area (Å²) in [6.45, 7) is 4.56. The van der Waals surface area contributed by atoms with Gasteiger partial charge in [0.2, 0.25) is 0 Å². The van der Waals surface area contributed by atoms with Gasteiger partial charge in [-0.15, -0.1) is 11.6 Å². The van der Waals surface area contributed by atoms with Crippen molar-refractivity contribution in [2.24, 2.45) is 5.73 Å². The number of hydrogen-bond donors (Lipinski definition) is 1. The van der Waals surface area contributed by atoms with Crippen LogP contribution in [0.1, 0.15) is 37.2 Å². The number of carbonyl (C=O) groups is 1. The number of ether oxygens (including phenoxy) is 2. The zero-order valence-electron chi connectivity index (χ0n) is 17.7. The van der Waals surface area contributed by atoms with Crippen LogP contribution in [-0.4, -0.2) is 23.7 Å². The normalized spacial score (nSPS) is 11.4. The molecular formula is C23H23Cl3N2O4. The monoisotopic (exact) mass is 496 g/mol. The summed E-state index contributed by atoms with van der Waals surface area (Å²) in [5.74, 6) is 1.38. The Labute approximate surface area is 201 Å². The van der Waals surface area contributed by atoms with Gasteiger partial charge in [0.25, 0.3) is 0 Å². The number of nitrogens with zero attached hydrogens (tertiary/aromatic N) is 1. The highest BCUT2D eigenvalue weighted by atomic mass is 35.5. The van der Waals surface area contributed by atoms with Crippen LogP contribution >= 0.6 is 34.8 Å². The largest absolute Gasteiger partial charge is 0.490 e. The highest BCUT2D eigenvalue weighted by Gasteiger charge is 2.26. The first-order valence-corrected chi connectivity index (χ1v) is 11.2. The lowest BCUT2D eigenvalue weighted by molar-refractivity contribution is 0.137. The smallest absolute Gasteiger partial charge is 0.404 e. The maximum Gasteiger partial charge on any atom is 0.404 e. The van der Waals surface area contributed by atoms with Crippen molar-refractivity contribution in [3.63, 3.8) is 0 Å². The Balaban J connectivity index is 1.80. The summed E-state index contributed by atoms with van der Waals surface area (Å²) < 4.78 is 15.6. The molecule has 0 saturated carbocycles. The van der Waals surface area contributed by atoms with E-state index in [0.29, 0.717) is 46.2 Å². The summed E-state index contributed by atoms with van der Waals surface area (Å²) in [7, 11) is 0. The predicted octanol–water partition coefficient (Wildman–Crippen LogP) is 6.58. The van der Waals surface area contributed by atoms with Crippen molar-refractivity contribution in [2.45, 2.75) is 32.3 Å². The van der Waals surface area contributed by atoms with E-state index in [0.717, 1.165) is 16.7 Å². The van der Waals surface area contributed by atoms with Crippen molar-refractivity contribution in [3.8, 4) is 17.0 Å². The van der Waals surface area contributed by atoms with Gasteiger partial charge >= 0.3 is 6.09 Å². The maximum absolute atomic E-state index is 10.7. The Morgan fingerprint density at radius 3 is 2.34 bits per heavy atom. The van der Waals surface area contributed by atoms with Gasteiger partial charge in [-0.3, -0.25) is 0 Å². The van der Waals surface area contributed by atoms with Crippen LogP contribution in [0.3, 0.4) is 0 Å². The number of benzene rings is 2. The van der Waals surface area contributed by atoms with E-state index in [4.69, 9.17) is 54.5 Å². The minimum Gasteiger partial charge on any atom is -0.490 e. The van der Waals surface area contributed by atoms with Crippen LogP contribution in [0.5, 0.6) is 5.75 Å². The Hall–Kier alpha value is -2.41. The maximum atomic E-state index is 10.7. The van der Waals surface area contributed by atoms with Crippen LogP contribution in [0.15, 0.2) is 47.0 Å². The van der Waals surface area contributed by atoms with E-state index in [9.17, 15) is 4.79 Å². The molecule has 0 unspecified atom stereocenters. The number of rotatable bonds is 9. The molecule has 0 aliphatic heterocycles. The molecule has 0 saturated heterocycles. The van der Waals surface area contributed by atoms with Crippen molar-refractivity contribution < 1.29 is 18.8 Å². The summed E-state index contributed by atoms with van der Waals surface area (Å²) in [6, 6.07) is 13.4. The second-order valence-corrected chi connectivity index (χ2v) is 8.84. The van der Waals surface area contributed by atoms with E-state index in [1.807, 2.05) is 36.4 Å². The fourth-order valence-corrected chi connectivity index (χ4v) is 3.88. The van der Waals surface area contributed by atoms with Gasteiger partial charge in [-0.2, -0.15) is 0 Å². The molecule has 0 spiro atoms. The van der Waals surface area contributed by atoms with Crippen molar-refractivity contribution in [3.05, 3.63) is 69.4 Å². The molecule has 0 fully saturated rings. The molecule has 2 N–H and O–H groups in total. The molecule has 0 aliphatic carbocycles. The third kappa shape index (κ3) is 5.68. The van der Waals surface area contributed by atoms with Gasteiger partial charge in [-0.25, -0.2) is 4.79 Å². The van der Waals surface area contributed by atoms with Gasteiger partial charge in [0.15, 0.2) is 18.1 Å². The molecular weight excluding hydrogens is 475 g/mol. The van der Waals surface area contributed by atoms with E-state index < -0.39 is 6.09 Å². The summed E-state index contributed by atoms with van der Waals surface area (Å²) >= 11 is 18.6. The lowest BCUT2D eigenvalue weighted by Gasteiger charge is -2.27. The summed E-state index contributed by atoms with van der Waals surface area (Å²) in [4.78, 5) is 10.7. The zero-order chi connectivity index (χ0) is 23.3. The molecule has 170 valence electrons. The molecule has 1 aromatic heterocycles. The highest BCUT2D eigenvalue weighted by molar-refractivity contribution is 6.37. The first-order valence-electron chi connectivity index (χ1n) is 9.89.